The van der Waals surface area contributed by atoms with Crippen molar-refractivity contribution in [2.45, 2.75) is 32.4 Å². The molecule has 0 atom stereocenters. The SMILES string of the molecule is Cc1cc(-c2cnc(N3CCCCC3)c(C(F)(F)F)c2)n[nH]c1=O. The fraction of sp³-hybridized carbons (Fsp3) is 0.438. The quantitative estimate of drug-likeness (QED) is 0.914. The number of alkyl halides is 3. The number of piperidine rings is 1. The number of halogens is 3. The number of hydrogen-bond acceptors (Lipinski definition) is 4. The highest BCUT2D eigenvalue weighted by molar-refractivity contribution is 5.63. The van der Waals surface area contributed by atoms with Crippen LogP contribution in [-0.4, -0.2) is 28.3 Å². The lowest BCUT2D eigenvalue weighted by Crippen LogP contribution is -2.32. The first-order valence-electron chi connectivity index (χ1n) is 7.75. The molecule has 3 rings (SSSR count). The third kappa shape index (κ3) is 3.27. The van der Waals surface area contributed by atoms with E-state index in [4.69, 9.17) is 0 Å². The topological polar surface area (TPSA) is 61.9 Å². The third-order valence-corrected chi connectivity index (χ3v) is 4.11. The summed E-state index contributed by atoms with van der Waals surface area (Å²) >= 11 is 0. The summed E-state index contributed by atoms with van der Waals surface area (Å²) in [4.78, 5) is 17.1. The first-order chi connectivity index (χ1) is 11.4. The Hall–Kier alpha value is -2.38. The van der Waals surface area contributed by atoms with Gasteiger partial charge in [0, 0.05) is 30.4 Å². The van der Waals surface area contributed by atoms with Crippen LogP contribution in [0.25, 0.3) is 11.3 Å². The van der Waals surface area contributed by atoms with E-state index in [0.29, 0.717) is 18.7 Å². The van der Waals surface area contributed by atoms with Gasteiger partial charge in [0.2, 0.25) is 0 Å². The molecule has 128 valence electrons. The maximum absolute atomic E-state index is 13.5. The average Bonchev–Trinajstić information content (AvgIpc) is 2.57. The van der Waals surface area contributed by atoms with Crippen LogP contribution < -0.4 is 10.5 Å². The summed E-state index contributed by atoms with van der Waals surface area (Å²) in [5, 5.41) is 6.09. The zero-order valence-corrected chi connectivity index (χ0v) is 13.2. The van der Waals surface area contributed by atoms with Crippen molar-refractivity contribution in [1.82, 2.24) is 15.2 Å². The zero-order valence-electron chi connectivity index (χ0n) is 13.2. The van der Waals surface area contributed by atoms with Crippen LogP contribution in [0, 0.1) is 6.92 Å². The van der Waals surface area contributed by atoms with Crippen molar-refractivity contribution in [2.75, 3.05) is 18.0 Å². The summed E-state index contributed by atoms with van der Waals surface area (Å²) in [5.74, 6) is -0.0351. The number of nitrogens with zero attached hydrogens (tertiary/aromatic N) is 3. The zero-order chi connectivity index (χ0) is 17.3. The van der Waals surface area contributed by atoms with Gasteiger partial charge in [-0.15, -0.1) is 0 Å². The number of rotatable bonds is 2. The van der Waals surface area contributed by atoms with E-state index in [9.17, 15) is 18.0 Å². The molecule has 2 aromatic heterocycles. The summed E-state index contributed by atoms with van der Waals surface area (Å²) in [6.45, 7) is 2.72. The lowest BCUT2D eigenvalue weighted by molar-refractivity contribution is -0.137. The van der Waals surface area contributed by atoms with E-state index in [1.807, 2.05) is 0 Å². The van der Waals surface area contributed by atoms with Gasteiger partial charge in [0.05, 0.1) is 11.3 Å². The standard InChI is InChI=1S/C16H17F3N4O/c1-10-7-13(21-22-15(10)24)11-8-12(16(17,18)19)14(20-9-11)23-5-3-2-4-6-23/h7-9H,2-6H2,1H3,(H,22,24). The highest BCUT2D eigenvalue weighted by Gasteiger charge is 2.36. The maximum Gasteiger partial charge on any atom is 0.419 e. The van der Waals surface area contributed by atoms with Crippen LogP contribution in [0.5, 0.6) is 0 Å². The van der Waals surface area contributed by atoms with Gasteiger partial charge in [-0.05, 0) is 38.3 Å². The van der Waals surface area contributed by atoms with Crippen LogP contribution in [-0.2, 0) is 6.18 Å². The van der Waals surface area contributed by atoms with Crippen molar-refractivity contribution in [3.63, 3.8) is 0 Å². The van der Waals surface area contributed by atoms with Crippen molar-refractivity contribution in [3.8, 4) is 11.3 Å². The molecule has 0 amide bonds. The van der Waals surface area contributed by atoms with E-state index >= 15 is 0 Å². The van der Waals surface area contributed by atoms with Crippen LogP contribution in [0.2, 0.25) is 0 Å². The fourth-order valence-corrected chi connectivity index (χ4v) is 2.81. The van der Waals surface area contributed by atoms with E-state index in [1.165, 1.54) is 12.3 Å². The number of aromatic amines is 1. The average molecular weight is 338 g/mol. The highest BCUT2D eigenvalue weighted by Crippen LogP contribution is 2.38. The molecule has 8 heteroatoms. The predicted octanol–water partition coefficient (Wildman–Crippen LogP) is 3.15. The molecule has 1 saturated heterocycles. The second kappa shape index (κ2) is 6.26. The first-order valence-corrected chi connectivity index (χ1v) is 7.75. The number of hydrogen-bond donors (Lipinski definition) is 1. The molecule has 0 bridgehead atoms. The highest BCUT2D eigenvalue weighted by atomic mass is 19.4. The second-order valence-electron chi connectivity index (χ2n) is 5.91. The van der Waals surface area contributed by atoms with Crippen LogP contribution in [0.3, 0.4) is 0 Å². The van der Waals surface area contributed by atoms with Crippen molar-refractivity contribution in [3.05, 3.63) is 39.8 Å². The Labute approximate surface area is 136 Å². The minimum absolute atomic E-state index is 0.0351. The second-order valence-corrected chi connectivity index (χ2v) is 5.91. The molecule has 24 heavy (non-hydrogen) atoms. The Balaban J connectivity index is 2.07. The van der Waals surface area contributed by atoms with Crippen LogP contribution in [0.4, 0.5) is 19.0 Å². The molecule has 1 aliphatic heterocycles. The van der Waals surface area contributed by atoms with E-state index in [2.05, 4.69) is 15.2 Å². The molecule has 2 aromatic rings. The number of H-pyrrole nitrogens is 1. The van der Waals surface area contributed by atoms with Gasteiger partial charge in [-0.1, -0.05) is 0 Å². The number of aryl methyl sites for hydroxylation is 1. The van der Waals surface area contributed by atoms with Crippen LogP contribution in [0.1, 0.15) is 30.4 Å². The summed E-state index contributed by atoms with van der Waals surface area (Å²) in [5.41, 5.74) is -0.272. The minimum atomic E-state index is -4.51. The largest absolute Gasteiger partial charge is 0.419 e. The van der Waals surface area contributed by atoms with Crippen LogP contribution in [0.15, 0.2) is 23.1 Å². The fourth-order valence-electron chi connectivity index (χ4n) is 2.81. The molecule has 0 unspecified atom stereocenters. The van der Waals surface area contributed by atoms with Crippen molar-refractivity contribution in [2.24, 2.45) is 0 Å². The molecule has 0 spiro atoms. The molecule has 1 fully saturated rings. The Morgan fingerprint density at radius 3 is 2.50 bits per heavy atom. The van der Waals surface area contributed by atoms with Crippen molar-refractivity contribution >= 4 is 5.82 Å². The van der Waals surface area contributed by atoms with Crippen molar-refractivity contribution < 1.29 is 13.2 Å². The number of anilines is 1. The van der Waals surface area contributed by atoms with E-state index < -0.39 is 11.7 Å². The summed E-state index contributed by atoms with van der Waals surface area (Å²) in [7, 11) is 0. The van der Waals surface area contributed by atoms with Gasteiger partial charge >= 0.3 is 6.18 Å². The molecular weight excluding hydrogens is 321 g/mol. The number of nitrogens with one attached hydrogen (secondary N) is 1. The molecule has 0 saturated carbocycles. The number of pyridine rings is 1. The van der Waals surface area contributed by atoms with Gasteiger partial charge in [-0.25, -0.2) is 10.1 Å². The molecule has 3 heterocycles. The summed E-state index contributed by atoms with van der Waals surface area (Å²) in [6.07, 6.45) is -0.383. The Kier molecular flexibility index (Phi) is 4.29. The van der Waals surface area contributed by atoms with E-state index in [1.54, 1.807) is 11.8 Å². The normalized spacial score (nSPS) is 15.6. The van der Waals surface area contributed by atoms with Gasteiger partial charge in [-0.3, -0.25) is 4.79 Å². The molecule has 0 aliphatic carbocycles. The lowest BCUT2D eigenvalue weighted by atomic mass is 10.1. The van der Waals surface area contributed by atoms with Crippen LogP contribution >= 0.6 is 0 Å². The van der Waals surface area contributed by atoms with Gasteiger partial charge in [0.25, 0.3) is 5.56 Å². The molecule has 1 aliphatic rings. The molecule has 0 aromatic carbocycles. The minimum Gasteiger partial charge on any atom is -0.356 e. The smallest absolute Gasteiger partial charge is 0.356 e. The summed E-state index contributed by atoms with van der Waals surface area (Å²) in [6, 6.07) is 2.51. The number of aromatic nitrogens is 3. The van der Waals surface area contributed by atoms with Gasteiger partial charge in [-0.2, -0.15) is 18.3 Å². The molecular formula is C16H17F3N4O. The van der Waals surface area contributed by atoms with E-state index in [-0.39, 0.29) is 22.6 Å². The van der Waals surface area contributed by atoms with Gasteiger partial charge < -0.3 is 4.90 Å². The predicted molar refractivity (Wildman–Crippen MR) is 83.9 cm³/mol. The van der Waals surface area contributed by atoms with Gasteiger partial charge in [0.1, 0.15) is 5.82 Å². The molecule has 1 N–H and O–H groups in total. The lowest BCUT2D eigenvalue weighted by Gasteiger charge is -2.30. The Morgan fingerprint density at radius 2 is 1.88 bits per heavy atom. The molecule has 5 nitrogen and oxygen atoms in total. The van der Waals surface area contributed by atoms with Gasteiger partial charge in [0.15, 0.2) is 0 Å². The first kappa shape index (κ1) is 16.5. The van der Waals surface area contributed by atoms with Crippen molar-refractivity contribution in [1.29, 1.82) is 0 Å². The maximum atomic E-state index is 13.5. The Morgan fingerprint density at radius 1 is 1.17 bits per heavy atom. The monoisotopic (exact) mass is 338 g/mol. The third-order valence-electron chi connectivity index (χ3n) is 4.11. The summed E-state index contributed by atoms with van der Waals surface area (Å²) < 4.78 is 40.5. The molecule has 0 radical (unpaired) electrons. The van der Waals surface area contributed by atoms with E-state index in [0.717, 1.165) is 25.3 Å². The Bertz CT molecular complexity index is 795.